The number of benzene rings is 2. The third-order valence-corrected chi connectivity index (χ3v) is 5.96. The Morgan fingerprint density at radius 1 is 1.10 bits per heavy atom. The average Bonchev–Trinajstić information content (AvgIpc) is 3.13. The highest BCUT2D eigenvalue weighted by Gasteiger charge is 2.16. The number of halogens is 3. The van der Waals surface area contributed by atoms with E-state index in [1.807, 2.05) is 29.6 Å². The van der Waals surface area contributed by atoms with E-state index in [2.05, 4.69) is 4.98 Å². The molecule has 0 fully saturated rings. The van der Waals surface area contributed by atoms with Crippen LogP contribution in [0.15, 0.2) is 40.7 Å². The zero-order valence-corrected chi connectivity index (χ0v) is 16.5. The van der Waals surface area contributed by atoms with E-state index in [9.17, 15) is 22.8 Å². The van der Waals surface area contributed by atoms with Crippen LogP contribution in [-0.4, -0.2) is 29.2 Å². The Bertz CT molecular complexity index is 1010. The highest BCUT2D eigenvalue weighted by molar-refractivity contribution is 8.01. The maximum absolute atomic E-state index is 13.5. The number of thiazole rings is 1. The molecule has 5 nitrogen and oxygen atoms in total. The predicted molar refractivity (Wildman–Crippen MR) is 105 cm³/mol. The Morgan fingerprint density at radius 3 is 2.69 bits per heavy atom. The fraction of sp³-hybridized carbons (Fsp3) is 0.211. The molecule has 0 spiro atoms. The Morgan fingerprint density at radius 2 is 1.90 bits per heavy atom. The van der Waals surface area contributed by atoms with Crippen molar-refractivity contribution in [3.05, 3.63) is 53.8 Å². The van der Waals surface area contributed by atoms with Gasteiger partial charge in [0, 0.05) is 12.2 Å². The van der Waals surface area contributed by atoms with E-state index in [0.29, 0.717) is 18.2 Å². The molecular weight excluding hydrogens is 425 g/mol. The van der Waals surface area contributed by atoms with E-state index in [4.69, 9.17) is 4.74 Å². The third kappa shape index (κ3) is 5.70. The van der Waals surface area contributed by atoms with E-state index in [0.717, 1.165) is 20.6 Å². The van der Waals surface area contributed by atoms with Crippen molar-refractivity contribution in [1.29, 1.82) is 0 Å². The summed E-state index contributed by atoms with van der Waals surface area (Å²) in [5.41, 5.74) is 0.403. The molecule has 3 aromatic rings. The topological polar surface area (TPSA) is 68.3 Å². The van der Waals surface area contributed by atoms with Gasteiger partial charge in [-0.05, 0) is 30.7 Å². The smallest absolute Gasteiger partial charge is 0.306 e. The van der Waals surface area contributed by atoms with Crippen molar-refractivity contribution < 1.29 is 27.5 Å². The number of carbonyl (C=O) groups excluding carboxylic acids is 2. The number of fused-ring (bicyclic) bond motifs is 1. The van der Waals surface area contributed by atoms with Gasteiger partial charge in [-0.1, -0.05) is 23.9 Å². The van der Waals surface area contributed by atoms with E-state index < -0.39 is 41.6 Å². The third-order valence-electron chi connectivity index (χ3n) is 3.70. The van der Waals surface area contributed by atoms with Gasteiger partial charge in [0.05, 0.1) is 15.9 Å². The number of thioether (sulfide) groups is 1. The monoisotopic (exact) mass is 440 g/mol. The molecule has 0 aliphatic heterocycles. The second-order valence-electron chi connectivity index (χ2n) is 5.83. The molecule has 29 heavy (non-hydrogen) atoms. The lowest BCUT2D eigenvalue weighted by molar-refractivity contribution is -0.147. The Balaban J connectivity index is 1.36. The van der Waals surface area contributed by atoms with Crippen LogP contribution in [0.2, 0.25) is 0 Å². The second-order valence-corrected chi connectivity index (χ2v) is 8.20. The molecule has 152 valence electrons. The van der Waals surface area contributed by atoms with Crippen LogP contribution in [0, 0.1) is 17.5 Å². The minimum atomic E-state index is -1.69. The zero-order valence-electron chi connectivity index (χ0n) is 14.9. The summed E-state index contributed by atoms with van der Waals surface area (Å²) in [6, 6.07) is 9.36. The molecule has 0 atom stereocenters. The average molecular weight is 440 g/mol. The van der Waals surface area contributed by atoms with Gasteiger partial charge in [0.2, 0.25) is 0 Å². The minimum Gasteiger partial charge on any atom is -0.456 e. The fourth-order valence-corrected chi connectivity index (χ4v) is 4.39. The first kappa shape index (κ1) is 21.1. The summed E-state index contributed by atoms with van der Waals surface area (Å²) in [7, 11) is 0. The zero-order chi connectivity index (χ0) is 20.8. The predicted octanol–water partition coefficient (Wildman–Crippen LogP) is 4.77. The summed E-state index contributed by atoms with van der Waals surface area (Å²) < 4.78 is 46.3. The van der Waals surface area contributed by atoms with Crippen molar-refractivity contribution in [3.8, 4) is 0 Å². The number of aromatic nitrogens is 1. The van der Waals surface area contributed by atoms with Gasteiger partial charge >= 0.3 is 5.97 Å². The minimum absolute atomic E-state index is 0.102. The Kier molecular flexibility index (Phi) is 7.10. The van der Waals surface area contributed by atoms with Gasteiger partial charge < -0.3 is 10.1 Å². The molecule has 0 saturated carbocycles. The van der Waals surface area contributed by atoms with E-state index in [1.54, 1.807) is 11.3 Å². The number of carbonyl (C=O) groups is 2. The van der Waals surface area contributed by atoms with Gasteiger partial charge in [-0.3, -0.25) is 9.59 Å². The van der Waals surface area contributed by atoms with Crippen LogP contribution >= 0.6 is 23.1 Å². The first-order valence-corrected chi connectivity index (χ1v) is 10.3. The van der Waals surface area contributed by atoms with E-state index in [1.165, 1.54) is 11.8 Å². The van der Waals surface area contributed by atoms with Crippen molar-refractivity contribution in [2.24, 2.45) is 0 Å². The van der Waals surface area contributed by atoms with Gasteiger partial charge in [-0.25, -0.2) is 18.2 Å². The van der Waals surface area contributed by atoms with Gasteiger partial charge in [0.25, 0.3) is 5.91 Å². The van der Waals surface area contributed by atoms with Crippen LogP contribution in [0.4, 0.5) is 18.9 Å². The SMILES string of the molecule is O=C(COC(=O)CCCSc1nc2ccccc2s1)Nc1ccc(F)c(F)c1F. The molecule has 2 aromatic carbocycles. The van der Waals surface area contributed by atoms with Crippen molar-refractivity contribution in [2.45, 2.75) is 17.2 Å². The molecule has 0 saturated heterocycles. The van der Waals surface area contributed by atoms with Crippen molar-refractivity contribution in [2.75, 3.05) is 17.7 Å². The summed E-state index contributed by atoms with van der Waals surface area (Å²) in [5.74, 6) is -5.36. The highest BCUT2D eigenvalue weighted by Crippen LogP contribution is 2.29. The number of esters is 1. The molecule has 0 aliphatic carbocycles. The quantitative estimate of drug-likeness (QED) is 0.237. The molecule has 0 aliphatic rings. The summed E-state index contributed by atoms with van der Waals surface area (Å²) in [4.78, 5) is 27.9. The molecule has 0 bridgehead atoms. The lowest BCUT2D eigenvalue weighted by Crippen LogP contribution is -2.21. The molecule has 1 N–H and O–H groups in total. The maximum Gasteiger partial charge on any atom is 0.306 e. The Hall–Kier alpha value is -2.59. The van der Waals surface area contributed by atoms with Crippen molar-refractivity contribution in [1.82, 2.24) is 4.98 Å². The van der Waals surface area contributed by atoms with Crippen molar-refractivity contribution in [3.63, 3.8) is 0 Å². The number of hydrogen-bond acceptors (Lipinski definition) is 6. The lowest BCUT2D eigenvalue weighted by atomic mass is 10.3. The number of para-hydroxylation sites is 1. The number of hydrogen-bond donors (Lipinski definition) is 1. The first-order chi connectivity index (χ1) is 13.9. The maximum atomic E-state index is 13.5. The van der Waals surface area contributed by atoms with Crippen LogP contribution in [0.5, 0.6) is 0 Å². The Labute approximate surface area is 172 Å². The van der Waals surface area contributed by atoms with Gasteiger partial charge in [0.15, 0.2) is 28.4 Å². The molecular formula is C19H15F3N2O3S2. The van der Waals surface area contributed by atoms with Gasteiger partial charge in [-0.15, -0.1) is 11.3 Å². The fourth-order valence-electron chi connectivity index (χ4n) is 2.32. The second kappa shape index (κ2) is 9.75. The summed E-state index contributed by atoms with van der Waals surface area (Å²) in [6.07, 6.45) is 0.629. The first-order valence-electron chi connectivity index (χ1n) is 8.51. The highest BCUT2D eigenvalue weighted by atomic mass is 32.2. The number of anilines is 1. The van der Waals surface area contributed by atoms with Crippen LogP contribution in [-0.2, 0) is 14.3 Å². The van der Waals surface area contributed by atoms with E-state index in [-0.39, 0.29) is 6.42 Å². The summed E-state index contributed by atoms with van der Waals surface area (Å²) in [6.45, 7) is -0.651. The van der Waals surface area contributed by atoms with E-state index >= 15 is 0 Å². The van der Waals surface area contributed by atoms with Crippen molar-refractivity contribution >= 4 is 50.9 Å². The number of ether oxygens (including phenoxy) is 1. The molecule has 1 amide bonds. The lowest BCUT2D eigenvalue weighted by Gasteiger charge is -2.08. The number of nitrogens with zero attached hydrogens (tertiary/aromatic N) is 1. The number of amides is 1. The largest absolute Gasteiger partial charge is 0.456 e. The molecule has 0 unspecified atom stereocenters. The number of rotatable bonds is 8. The van der Waals surface area contributed by atoms with Crippen LogP contribution in [0.1, 0.15) is 12.8 Å². The molecule has 3 rings (SSSR count). The standard InChI is InChI=1S/C19H15F3N2O3S2/c20-11-7-8-13(18(22)17(11)21)23-15(25)10-27-16(26)6-3-9-28-19-24-12-4-1-2-5-14(12)29-19/h1-2,4-5,7-8H,3,6,9-10H2,(H,23,25). The molecule has 1 heterocycles. The molecule has 0 radical (unpaired) electrons. The number of nitrogens with one attached hydrogen (secondary N) is 1. The van der Waals surface area contributed by atoms with Crippen LogP contribution in [0.25, 0.3) is 10.2 Å². The van der Waals surface area contributed by atoms with Gasteiger partial charge in [-0.2, -0.15) is 0 Å². The van der Waals surface area contributed by atoms with Crippen LogP contribution < -0.4 is 5.32 Å². The normalized spacial score (nSPS) is 10.9. The molecule has 10 heteroatoms. The van der Waals surface area contributed by atoms with Gasteiger partial charge in [0.1, 0.15) is 0 Å². The molecule has 1 aromatic heterocycles. The summed E-state index contributed by atoms with van der Waals surface area (Å²) in [5, 5.41) is 2.03. The van der Waals surface area contributed by atoms with Crippen LogP contribution in [0.3, 0.4) is 0 Å². The summed E-state index contributed by atoms with van der Waals surface area (Å²) >= 11 is 3.11.